The molecular formula is C29H33NO5. The molecule has 6 heteroatoms. The molecule has 1 aliphatic rings. The largest absolute Gasteiger partial charge is 0.504 e. The number of hydrogen-bond donors (Lipinski definition) is 4. The quantitative estimate of drug-likeness (QED) is 0.259. The van der Waals surface area contributed by atoms with Gasteiger partial charge in [0.25, 0.3) is 0 Å². The standard InChI is InChI=1S/C29H33NO5/c1-6-20(19(5)13-27(33)34)14-23(17(2)3)24-16-22(9-7-18(24)4)30-28(35)29(11-12-29)21-8-10-25(31)26(32)15-21/h6-10,14-16,19,31-32H,1,11-13H2,2-5H3,(H,30,35)(H,33,34)/b20-14+. The number of rotatable bonds is 9. The Kier molecular flexibility index (Phi) is 7.54. The van der Waals surface area contributed by atoms with Gasteiger partial charge in [-0.05, 0) is 91.6 Å². The van der Waals surface area contributed by atoms with Gasteiger partial charge in [-0.3, -0.25) is 9.59 Å². The van der Waals surface area contributed by atoms with E-state index in [4.69, 9.17) is 0 Å². The molecule has 3 rings (SSSR count). The molecular weight excluding hydrogens is 442 g/mol. The van der Waals surface area contributed by atoms with E-state index in [9.17, 15) is 24.9 Å². The second kappa shape index (κ2) is 10.2. The number of carboxylic acids is 1. The molecule has 184 valence electrons. The fraction of sp³-hybridized carbons (Fsp3) is 0.310. The average molecular weight is 476 g/mol. The zero-order valence-electron chi connectivity index (χ0n) is 20.7. The van der Waals surface area contributed by atoms with Crippen LogP contribution in [-0.4, -0.2) is 27.2 Å². The van der Waals surface area contributed by atoms with E-state index >= 15 is 0 Å². The third-order valence-corrected chi connectivity index (χ3v) is 6.63. The first kappa shape index (κ1) is 25.8. The fourth-order valence-corrected chi connectivity index (χ4v) is 4.27. The van der Waals surface area contributed by atoms with Crippen LogP contribution in [0.3, 0.4) is 0 Å². The predicted octanol–water partition coefficient (Wildman–Crippen LogP) is 6.09. The van der Waals surface area contributed by atoms with E-state index in [1.165, 1.54) is 12.1 Å². The van der Waals surface area contributed by atoms with Gasteiger partial charge in [-0.15, -0.1) is 0 Å². The summed E-state index contributed by atoms with van der Waals surface area (Å²) in [6.45, 7) is 11.7. The highest BCUT2D eigenvalue weighted by molar-refractivity contribution is 6.02. The fourth-order valence-electron chi connectivity index (χ4n) is 4.27. The lowest BCUT2D eigenvalue weighted by molar-refractivity contribution is -0.137. The maximum Gasteiger partial charge on any atom is 0.303 e. The molecule has 0 aromatic heterocycles. The van der Waals surface area contributed by atoms with Gasteiger partial charge < -0.3 is 20.6 Å². The zero-order chi connectivity index (χ0) is 25.9. The van der Waals surface area contributed by atoms with Crippen LogP contribution < -0.4 is 5.32 Å². The van der Waals surface area contributed by atoms with Crippen LogP contribution in [0.5, 0.6) is 11.5 Å². The molecule has 1 saturated carbocycles. The van der Waals surface area contributed by atoms with Crippen molar-refractivity contribution in [2.24, 2.45) is 5.92 Å². The zero-order valence-corrected chi connectivity index (χ0v) is 20.7. The van der Waals surface area contributed by atoms with Crippen LogP contribution in [0, 0.1) is 12.8 Å². The number of benzene rings is 2. The van der Waals surface area contributed by atoms with Gasteiger partial charge in [-0.2, -0.15) is 0 Å². The predicted molar refractivity (Wildman–Crippen MR) is 138 cm³/mol. The van der Waals surface area contributed by atoms with Crippen LogP contribution in [0.4, 0.5) is 5.69 Å². The molecule has 0 spiro atoms. The number of carboxylic acid groups (broad SMARTS) is 1. The van der Waals surface area contributed by atoms with Crippen molar-refractivity contribution in [3.63, 3.8) is 0 Å². The van der Waals surface area contributed by atoms with Crippen LogP contribution in [-0.2, 0) is 15.0 Å². The molecule has 1 unspecified atom stereocenters. The van der Waals surface area contributed by atoms with Gasteiger partial charge in [0.05, 0.1) is 11.8 Å². The lowest BCUT2D eigenvalue weighted by Crippen LogP contribution is -2.27. The molecule has 0 bridgehead atoms. The van der Waals surface area contributed by atoms with E-state index in [0.29, 0.717) is 24.1 Å². The van der Waals surface area contributed by atoms with Crippen LogP contribution in [0.2, 0.25) is 0 Å². The van der Waals surface area contributed by atoms with E-state index in [1.807, 2.05) is 52.0 Å². The first-order valence-electron chi connectivity index (χ1n) is 11.7. The summed E-state index contributed by atoms with van der Waals surface area (Å²) in [5.41, 5.74) is 5.40. The summed E-state index contributed by atoms with van der Waals surface area (Å²) < 4.78 is 0. The third kappa shape index (κ3) is 5.65. The van der Waals surface area contributed by atoms with Crippen LogP contribution in [0.15, 0.2) is 66.3 Å². The van der Waals surface area contributed by atoms with E-state index in [-0.39, 0.29) is 29.7 Å². The number of anilines is 1. The summed E-state index contributed by atoms with van der Waals surface area (Å²) >= 11 is 0. The molecule has 1 fully saturated rings. The van der Waals surface area contributed by atoms with Crippen molar-refractivity contribution in [2.75, 3.05) is 5.32 Å². The van der Waals surface area contributed by atoms with Gasteiger partial charge in [0, 0.05) is 5.69 Å². The number of amides is 1. The van der Waals surface area contributed by atoms with Crippen molar-refractivity contribution >= 4 is 23.1 Å². The number of carbonyl (C=O) groups excluding carboxylic acids is 1. The summed E-state index contributed by atoms with van der Waals surface area (Å²) in [5.74, 6) is -1.67. The topological polar surface area (TPSA) is 107 Å². The highest BCUT2D eigenvalue weighted by atomic mass is 16.4. The number of nitrogens with one attached hydrogen (secondary N) is 1. The molecule has 0 saturated heterocycles. The summed E-state index contributed by atoms with van der Waals surface area (Å²) in [6, 6.07) is 10.3. The van der Waals surface area contributed by atoms with Gasteiger partial charge in [0.15, 0.2) is 11.5 Å². The van der Waals surface area contributed by atoms with E-state index < -0.39 is 11.4 Å². The lowest BCUT2D eigenvalue weighted by Gasteiger charge is -2.19. The minimum atomic E-state index is -0.860. The number of aliphatic carboxylic acids is 1. The van der Waals surface area contributed by atoms with Crippen molar-refractivity contribution in [3.8, 4) is 11.5 Å². The molecule has 0 heterocycles. The summed E-state index contributed by atoms with van der Waals surface area (Å²) in [4.78, 5) is 24.5. The van der Waals surface area contributed by atoms with Crippen molar-refractivity contribution in [2.45, 2.75) is 52.4 Å². The maximum absolute atomic E-state index is 13.3. The monoisotopic (exact) mass is 475 g/mol. The Morgan fingerprint density at radius 2 is 1.80 bits per heavy atom. The smallest absolute Gasteiger partial charge is 0.303 e. The van der Waals surface area contributed by atoms with Gasteiger partial charge in [0.1, 0.15) is 0 Å². The number of aryl methyl sites for hydroxylation is 1. The summed E-state index contributed by atoms with van der Waals surface area (Å²) in [7, 11) is 0. The number of hydrogen-bond acceptors (Lipinski definition) is 4. The number of phenols is 2. The van der Waals surface area contributed by atoms with Crippen molar-refractivity contribution in [3.05, 3.63) is 83.0 Å². The van der Waals surface area contributed by atoms with Gasteiger partial charge in [-0.25, -0.2) is 0 Å². The Hall–Kier alpha value is -3.80. The highest BCUT2D eigenvalue weighted by Crippen LogP contribution is 2.50. The first-order chi connectivity index (χ1) is 16.5. The number of carbonyl (C=O) groups is 2. The number of aromatic hydroxyl groups is 2. The summed E-state index contributed by atoms with van der Waals surface area (Å²) in [6.07, 6.45) is 5.01. The van der Waals surface area contributed by atoms with Gasteiger partial charge in [-0.1, -0.05) is 43.4 Å². The van der Waals surface area contributed by atoms with Crippen molar-refractivity contribution in [1.29, 1.82) is 0 Å². The van der Waals surface area contributed by atoms with Gasteiger partial charge in [0.2, 0.25) is 5.91 Å². The molecule has 6 nitrogen and oxygen atoms in total. The van der Waals surface area contributed by atoms with Crippen LogP contribution in [0.1, 0.15) is 56.7 Å². The Morgan fingerprint density at radius 1 is 1.11 bits per heavy atom. The Bertz CT molecular complexity index is 1230. The normalized spacial score (nSPS) is 15.1. The lowest BCUT2D eigenvalue weighted by atomic mass is 9.90. The molecule has 2 aromatic rings. The van der Waals surface area contributed by atoms with Crippen molar-refractivity contribution < 1.29 is 24.9 Å². The number of allylic oxidation sites excluding steroid dienone is 5. The third-order valence-electron chi connectivity index (χ3n) is 6.63. The highest BCUT2D eigenvalue weighted by Gasteiger charge is 2.51. The first-order valence-corrected chi connectivity index (χ1v) is 11.7. The van der Waals surface area contributed by atoms with Crippen molar-refractivity contribution in [1.82, 2.24) is 0 Å². The Labute approximate surface area is 206 Å². The van der Waals surface area contributed by atoms with E-state index in [0.717, 1.165) is 27.8 Å². The molecule has 1 atom stereocenters. The minimum Gasteiger partial charge on any atom is -0.504 e. The molecule has 1 amide bonds. The molecule has 35 heavy (non-hydrogen) atoms. The second-order valence-corrected chi connectivity index (χ2v) is 9.53. The van der Waals surface area contributed by atoms with Crippen LogP contribution >= 0.6 is 0 Å². The molecule has 1 aliphatic carbocycles. The summed E-state index contributed by atoms with van der Waals surface area (Å²) in [5, 5.41) is 31.7. The molecule has 0 aliphatic heterocycles. The molecule has 0 radical (unpaired) electrons. The minimum absolute atomic E-state index is 0.0118. The second-order valence-electron chi connectivity index (χ2n) is 9.53. The Morgan fingerprint density at radius 3 is 2.34 bits per heavy atom. The average Bonchev–Trinajstić information content (AvgIpc) is 3.59. The Balaban J connectivity index is 1.92. The van der Waals surface area contributed by atoms with E-state index in [2.05, 4.69) is 11.9 Å². The molecule has 4 N–H and O–H groups in total. The maximum atomic E-state index is 13.3. The number of phenolic OH excluding ortho intramolecular Hbond substituents is 2. The van der Waals surface area contributed by atoms with Crippen LogP contribution in [0.25, 0.3) is 5.57 Å². The van der Waals surface area contributed by atoms with Gasteiger partial charge >= 0.3 is 5.97 Å². The van der Waals surface area contributed by atoms with E-state index in [1.54, 1.807) is 12.1 Å². The molecule has 2 aromatic carbocycles. The SMILES string of the molecule is C=C/C(=C\C(=C(C)C)c1cc(NC(=O)C2(c3ccc(O)c(O)c3)CC2)ccc1C)C(C)CC(=O)O.